The van der Waals surface area contributed by atoms with Gasteiger partial charge in [0.15, 0.2) is 0 Å². The molecule has 1 rings (SSSR count). The van der Waals surface area contributed by atoms with Gasteiger partial charge in [0.25, 0.3) is 0 Å². The van der Waals surface area contributed by atoms with Crippen molar-refractivity contribution in [3.63, 3.8) is 0 Å². The van der Waals surface area contributed by atoms with E-state index in [2.05, 4.69) is 30.4 Å². The number of anilines is 2. The molecule has 0 aromatic carbocycles. The summed E-state index contributed by atoms with van der Waals surface area (Å²) in [4.78, 5) is 10.7. The van der Waals surface area contributed by atoms with Crippen molar-refractivity contribution in [3.8, 4) is 0 Å². The summed E-state index contributed by atoms with van der Waals surface area (Å²) in [5.74, 6) is 2.47. The van der Waals surface area contributed by atoms with Crippen LogP contribution in [0.5, 0.6) is 0 Å². The number of hydrogen-bond acceptors (Lipinski definition) is 5. The summed E-state index contributed by atoms with van der Waals surface area (Å²) in [6.07, 6.45) is 4.84. The van der Waals surface area contributed by atoms with Crippen molar-refractivity contribution in [1.82, 2.24) is 4.98 Å². The Bertz CT molecular complexity index is 769. The third-order valence-electron chi connectivity index (χ3n) is 4.05. The molecule has 0 unspecified atom stereocenters. The molecule has 0 saturated carbocycles. The van der Waals surface area contributed by atoms with Gasteiger partial charge in [0.2, 0.25) is 0 Å². The number of nitrogen functional groups attached to an aromatic ring is 1. The topological polar surface area (TPSA) is 73.0 Å². The van der Waals surface area contributed by atoms with E-state index in [0.29, 0.717) is 36.9 Å². The molecule has 0 atom stereocenters. The Kier molecular flexibility index (Phi) is 9.58. The predicted molar refractivity (Wildman–Crippen MR) is 115 cm³/mol. The van der Waals surface area contributed by atoms with Gasteiger partial charge in [-0.25, -0.2) is 4.98 Å². The number of rotatable bonds is 9. The second-order valence-corrected chi connectivity index (χ2v) is 6.62. The average molecular weight is 375 g/mol. The lowest BCUT2D eigenvalue weighted by Crippen LogP contribution is -2.40. The van der Waals surface area contributed by atoms with E-state index in [1.807, 2.05) is 44.0 Å². The van der Waals surface area contributed by atoms with E-state index < -0.39 is 0 Å². The van der Waals surface area contributed by atoms with E-state index in [1.165, 1.54) is 0 Å². The van der Waals surface area contributed by atoms with Crippen LogP contribution in [0, 0.1) is 5.92 Å². The van der Waals surface area contributed by atoms with Crippen LogP contribution in [0.25, 0.3) is 12.3 Å². The molecule has 2 N–H and O–H groups in total. The third kappa shape index (κ3) is 6.71. The fourth-order valence-electron chi connectivity index (χ4n) is 2.54. The smallest absolute Gasteiger partial charge is 0.130 e. The quantitative estimate of drug-likeness (QED) is 0.530. The van der Waals surface area contributed by atoms with E-state index in [-0.39, 0.29) is 0 Å². The van der Waals surface area contributed by atoms with E-state index in [9.17, 15) is 0 Å². The molecule has 0 saturated heterocycles. The van der Waals surface area contributed by atoms with Gasteiger partial charge in [-0.05, 0) is 32.3 Å². The number of likely N-dealkylation sites (N-methyl/N-ethyl adjacent to an activating group) is 1. The van der Waals surface area contributed by atoms with E-state index in [0.717, 1.165) is 28.9 Å². The van der Waals surface area contributed by atoms with Crippen molar-refractivity contribution >= 4 is 29.7 Å². The minimum absolute atomic E-state index is 0.402. The largest absolute Gasteiger partial charge is 0.493 e. The zero-order valence-electron chi connectivity index (χ0n) is 17.6. The molecule has 0 aliphatic heterocycles. The molecule has 150 valence electrons. The summed E-state index contributed by atoms with van der Waals surface area (Å²) in [6.45, 7) is 14.0. The highest BCUT2D eigenvalue weighted by atomic mass is 16.5. The third-order valence-corrected chi connectivity index (χ3v) is 4.05. The molecule has 6 nitrogen and oxygen atoms in total. The van der Waals surface area contributed by atoms with Gasteiger partial charge in [0.05, 0.1) is 22.9 Å². The van der Waals surface area contributed by atoms with Gasteiger partial charge < -0.3 is 20.1 Å². The molecule has 0 amide bonds. The maximum absolute atomic E-state index is 6.10. The molecule has 27 heavy (non-hydrogen) atoms. The Labute approximate surface area is 163 Å². The first-order chi connectivity index (χ1) is 12.8. The number of amidine groups is 1. The zero-order chi connectivity index (χ0) is 20.4. The summed E-state index contributed by atoms with van der Waals surface area (Å²) < 4.78 is 11.6. The standard InChI is InChI=1S/C21H34N4O2/c1-8-10-18(27-12-11-15(3)4)21-16(5)24-19(22)13-17(21)25(7)20(23-6)14-26-9-2/h8,10,13,15H,5,9,11-12,14H2,1-4,6-7H3,(H2,22,24)/b10-8-,21-18-,23-20?. The van der Waals surface area contributed by atoms with Crippen molar-refractivity contribution in [3.05, 3.63) is 28.8 Å². The molecular formula is C21H34N4O2. The van der Waals surface area contributed by atoms with Crippen LogP contribution in [0.1, 0.15) is 34.1 Å². The molecule has 0 spiro atoms. The Hall–Kier alpha value is -2.34. The van der Waals surface area contributed by atoms with Crippen molar-refractivity contribution in [2.24, 2.45) is 10.9 Å². The predicted octanol–water partition coefficient (Wildman–Crippen LogP) is 2.32. The lowest BCUT2D eigenvalue weighted by Gasteiger charge is -2.23. The average Bonchev–Trinajstić information content (AvgIpc) is 2.60. The Morgan fingerprint density at radius 2 is 2.15 bits per heavy atom. The summed E-state index contributed by atoms with van der Waals surface area (Å²) in [6, 6.07) is 1.82. The number of allylic oxidation sites excluding steroid dienone is 1. The lowest BCUT2D eigenvalue weighted by molar-refractivity contribution is 0.186. The Morgan fingerprint density at radius 1 is 1.44 bits per heavy atom. The van der Waals surface area contributed by atoms with Crippen molar-refractivity contribution in [2.75, 3.05) is 44.5 Å². The van der Waals surface area contributed by atoms with Crippen LogP contribution in [0.3, 0.4) is 0 Å². The van der Waals surface area contributed by atoms with Gasteiger partial charge in [0, 0.05) is 26.8 Å². The van der Waals surface area contributed by atoms with Crippen LogP contribution >= 0.6 is 0 Å². The molecule has 1 aromatic rings. The van der Waals surface area contributed by atoms with Crippen LogP contribution in [-0.4, -0.2) is 44.7 Å². The summed E-state index contributed by atoms with van der Waals surface area (Å²) in [7, 11) is 3.68. The molecule has 0 aliphatic rings. The zero-order valence-corrected chi connectivity index (χ0v) is 17.6. The van der Waals surface area contributed by atoms with Crippen LogP contribution in [-0.2, 0) is 9.47 Å². The molecule has 0 fully saturated rings. The number of ether oxygens (including phenoxy) is 2. The number of aliphatic imine (C=N–C) groups is 1. The first kappa shape index (κ1) is 22.7. The van der Waals surface area contributed by atoms with E-state index in [1.54, 1.807) is 7.05 Å². The highest BCUT2D eigenvalue weighted by Gasteiger charge is 2.14. The molecule has 0 bridgehead atoms. The fraction of sp³-hybridized carbons (Fsp3) is 0.524. The highest BCUT2D eigenvalue weighted by molar-refractivity contribution is 5.98. The van der Waals surface area contributed by atoms with Crippen LogP contribution < -0.4 is 21.2 Å². The lowest BCUT2D eigenvalue weighted by atomic mass is 10.1. The van der Waals surface area contributed by atoms with Gasteiger partial charge in [-0.2, -0.15) is 0 Å². The minimum Gasteiger partial charge on any atom is -0.493 e. The maximum Gasteiger partial charge on any atom is 0.130 e. The van der Waals surface area contributed by atoms with E-state index in [4.69, 9.17) is 15.2 Å². The first-order valence-electron chi connectivity index (χ1n) is 9.38. The molecular weight excluding hydrogens is 340 g/mol. The van der Waals surface area contributed by atoms with Gasteiger partial charge in [0.1, 0.15) is 24.0 Å². The van der Waals surface area contributed by atoms with Crippen molar-refractivity contribution in [2.45, 2.75) is 34.1 Å². The number of aromatic nitrogens is 1. The molecule has 0 aliphatic carbocycles. The van der Waals surface area contributed by atoms with E-state index >= 15 is 0 Å². The Morgan fingerprint density at radius 3 is 2.70 bits per heavy atom. The normalized spacial score (nSPS) is 13.4. The van der Waals surface area contributed by atoms with Gasteiger partial charge >= 0.3 is 0 Å². The van der Waals surface area contributed by atoms with Crippen LogP contribution in [0.4, 0.5) is 11.5 Å². The summed E-state index contributed by atoms with van der Waals surface area (Å²) in [5, 5.41) is 1.38. The SMILES string of the molecule is C=c1nc(N)cc(N(C)C(COCC)=NC)/c1=C(/C=C\C)OCCC(C)C. The fourth-order valence-corrected chi connectivity index (χ4v) is 2.54. The second kappa shape index (κ2) is 11.4. The summed E-state index contributed by atoms with van der Waals surface area (Å²) in [5.41, 5.74) is 6.84. The van der Waals surface area contributed by atoms with Gasteiger partial charge in [-0.1, -0.05) is 26.5 Å². The number of nitrogens with zero attached hydrogens (tertiary/aromatic N) is 3. The molecule has 0 radical (unpaired) electrons. The summed E-state index contributed by atoms with van der Waals surface area (Å²) >= 11 is 0. The number of nitrogens with two attached hydrogens (primary N) is 1. The molecule has 6 heteroatoms. The minimum atomic E-state index is 0.402. The molecule has 1 aromatic heterocycles. The Balaban J connectivity index is 3.53. The highest BCUT2D eigenvalue weighted by Crippen LogP contribution is 2.13. The van der Waals surface area contributed by atoms with Crippen molar-refractivity contribution < 1.29 is 9.47 Å². The van der Waals surface area contributed by atoms with Crippen molar-refractivity contribution in [1.29, 1.82) is 0 Å². The van der Waals surface area contributed by atoms with Crippen LogP contribution in [0.15, 0.2) is 23.2 Å². The number of pyridine rings is 1. The first-order valence-corrected chi connectivity index (χ1v) is 9.38. The van der Waals surface area contributed by atoms with Gasteiger partial charge in [-0.3, -0.25) is 4.99 Å². The van der Waals surface area contributed by atoms with Crippen LogP contribution in [0.2, 0.25) is 0 Å². The monoisotopic (exact) mass is 374 g/mol. The van der Waals surface area contributed by atoms with Gasteiger partial charge in [-0.15, -0.1) is 0 Å². The maximum atomic E-state index is 6.10. The molecule has 1 heterocycles. The number of hydrogen-bond donors (Lipinski definition) is 1. The second-order valence-electron chi connectivity index (χ2n) is 6.62.